The van der Waals surface area contributed by atoms with Crippen molar-refractivity contribution >= 4 is 11.8 Å². The van der Waals surface area contributed by atoms with Crippen molar-refractivity contribution in [3.63, 3.8) is 0 Å². The maximum absolute atomic E-state index is 12.2. The summed E-state index contributed by atoms with van der Waals surface area (Å²) in [5, 5.41) is 0. The molecule has 1 unspecified atom stereocenters. The molecule has 0 amide bonds. The van der Waals surface area contributed by atoms with Crippen LogP contribution in [0.4, 0.5) is 8.78 Å². The van der Waals surface area contributed by atoms with Crippen molar-refractivity contribution < 1.29 is 8.78 Å². The van der Waals surface area contributed by atoms with E-state index < -0.39 is 11.5 Å². The van der Waals surface area contributed by atoms with Gasteiger partial charge in [-0.3, -0.25) is 0 Å². The normalized spacial score (nSPS) is 38.7. The molecule has 0 aromatic carbocycles. The highest BCUT2D eigenvalue weighted by molar-refractivity contribution is 7.98. The van der Waals surface area contributed by atoms with E-state index in [1.807, 2.05) is 0 Å². The lowest BCUT2D eigenvalue weighted by Crippen LogP contribution is -2.32. The van der Waals surface area contributed by atoms with Crippen molar-refractivity contribution in [2.75, 3.05) is 12.0 Å². The standard InChI is InChI=1S/C5H9F2NS/c1-9-3-4(8)2-5(4,6)7/h2-3,8H2,1H3. The van der Waals surface area contributed by atoms with Crippen LogP contribution in [0.2, 0.25) is 0 Å². The SMILES string of the molecule is CSCC1(N)CC1(F)F. The molecule has 1 rings (SSSR count). The predicted molar refractivity (Wildman–Crippen MR) is 34.9 cm³/mol. The van der Waals surface area contributed by atoms with E-state index >= 15 is 0 Å². The number of thioether (sulfide) groups is 1. The van der Waals surface area contributed by atoms with Crippen molar-refractivity contribution in [3.8, 4) is 0 Å². The first-order valence-electron chi connectivity index (χ1n) is 2.67. The number of rotatable bonds is 2. The second-order valence-electron chi connectivity index (χ2n) is 2.47. The Balaban J connectivity index is 2.42. The molecule has 0 aromatic rings. The predicted octanol–water partition coefficient (Wildman–Crippen LogP) is 1.09. The van der Waals surface area contributed by atoms with E-state index in [9.17, 15) is 8.78 Å². The molecule has 1 fully saturated rings. The van der Waals surface area contributed by atoms with Crippen molar-refractivity contribution in [3.05, 3.63) is 0 Å². The first-order valence-corrected chi connectivity index (χ1v) is 4.07. The van der Waals surface area contributed by atoms with Crippen molar-refractivity contribution in [1.29, 1.82) is 0 Å². The average Bonchev–Trinajstić information content (AvgIpc) is 2.07. The van der Waals surface area contributed by atoms with Crippen LogP contribution in [0.1, 0.15) is 6.42 Å². The van der Waals surface area contributed by atoms with Crippen LogP contribution >= 0.6 is 11.8 Å². The number of nitrogens with two attached hydrogens (primary N) is 1. The average molecular weight is 153 g/mol. The van der Waals surface area contributed by atoms with E-state index in [-0.39, 0.29) is 6.42 Å². The summed E-state index contributed by atoms with van der Waals surface area (Å²) in [6.07, 6.45) is 1.64. The van der Waals surface area contributed by atoms with Crippen LogP contribution in [0.5, 0.6) is 0 Å². The van der Waals surface area contributed by atoms with Gasteiger partial charge >= 0.3 is 0 Å². The largest absolute Gasteiger partial charge is 0.319 e. The maximum Gasteiger partial charge on any atom is 0.268 e. The summed E-state index contributed by atoms with van der Waals surface area (Å²) in [4.78, 5) is 0. The second-order valence-corrected chi connectivity index (χ2v) is 3.34. The molecule has 0 spiro atoms. The summed E-state index contributed by atoms with van der Waals surface area (Å²) in [6, 6.07) is 0. The van der Waals surface area contributed by atoms with Gasteiger partial charge in [-0.25, -0.2) is 8.78 Å². The molecule has 0 bridgehead atoms. The molecule has 2 N–H and O–H groups in total. The van der Waals surface area contributed by atoms with Gasteiger partial charge in [0.25, 0.3) is 5.92 Å². The Bertz CT molecular complexity index is 128. The molecule has 0 radical (unpaired) electrons. The number of hydrogen-bond acceptors (Lipinski definition) is 2. The first kappa shape index (κ1) is 7.28. The van der Waals surface area contributed by atoms with Crippen LogP contribution in [-0.2, 0) is 0 Å². The van der Waals surface area contributed by atoms with E-state index in [0.29, 0.717) is 5.75 Å². The molecular weight excluding hydrogens is 144 g/mol. The zero-order chi connectivity index (χ0) is 7.12. The Hall–Kier alpha value is 0.170. The van der Waals surface area contributed by atoms with Crippen LogP contribution in [-0.4, -0.2) is 23.5 Å². The Labute approximate surface area is 57.0 Å². The van der Waals surface area contributed by atoms with E-state index in [1.54, 1.807) is 6.26 Å². The van der Waals surface area contributed by atoms with E-state index in [2.05, 4.69) is 0 Å². The summed E-state index contributed by atoms with van der Waals surface area (Å²) < 4.78 is 24.5. The number of hydrogen-bond donors (Lipinski definition) is 1. The quantitative estimate of drug-likeness (QED) is 0.642. The Morgan fingerprint density at radius 3 is 2.22 bits per heavy atom. The Kier molecular flexibility index (Phi) is 1.48. The van der Waals surface area contributed by atoms with Gasteiger partial charge in [-0.15, -0.1) is 0 Å². The van der Waals surface area contributed by atoms with Crippen LogP contribution < -0.4 is 5.73 Å². The minimum atomic E-state index is -2.59. The zero-order valence-corrected chi connectivity index (χ0v) is 5.97. The van der Waals surface area contributed by atoms with Crippen LogP contribution in [0.25, 0.3) is 0 Å². The molecule has 1 aliphatic carbocycles. The lowest BCUT2D eigenvalue weighted by Gasteiger charge is -2.05. The highest BCUT2D eigenvalue weighted by Crippen LogP contribution is 2.51. The van der Waals surface area contributed by atoms with Gasteiger partial charge in [0, 0.05) is 12.2 Å². The summed E-state index contributed by atoms with van der Waals surface area (Å²) in [6.45, 7) is 0. The van der Waals surface area contributed by atoms with Gasteiger partial charge in [0.1, 0.15) is 0 Å². The lowest BCUT2D eigenvalue weighted by atomic mass is 10.3. The molecule has 9 heavy (non-hydrogen) atoms. The minimum Gasteiger partial charge on any atom is -0.319 e. The van der Waals surface area contributed by atoms with Gasteiger partial charge in [0.2, 0.25) is 0 Å². The van der Waals surface area contributed by atoms with Gasteiger partial charge in [-0.05, 0) is 6.26 Å². The summed E-state index contributed by atoms with van der Waals surface area (Å²) in [7, 11) is 0. The van der Waals surface area contributed by atoms with E-state index in [1.165, 1.54) is 11.8 Å². The van der Waals surface area contributed by atoms with Gasteiger partial charge in [0.05, 0.1) is 5.54 Å². The molecule has 1 saturated carbocycles. The Morgan fingerprint density at radius 2 is 2.11 bits per heavy atom. The maximum atomic E-state index is 12.2. The number of halogens is 2. The highest BCUT2D eigenvalue weighted by Gasteiger charge is 2.68. The lowest BCUT2D eigenvalue weighted by molar-refractivity contribution is 0.0947. The molecule has 0 aromatic heterocycles. The van der Waals surface area contributed by atoms with Gasteiger partial charge < -0.3 is 5.73 Å². The second kappa shape index (κ2) is 1.83. The molecule has 4 heteroatoms. The fraction of sp³-hybridized carbons (Fsp3) is 1.00. The molecule has 0 heterocycles. The fourth-order valence-electron chi connectivity index (χ4n) is 0.766. The van der Waals surface area contributed by atoms with Crippen LogP contribution in [0, 0.1) is 0 Å². The molecule has 1 nitrogen and oxygen atoms in total. The fourth-order valence-corrected chi connectivity index (χ4v) is 1.59. The topological polar surface area (TPSA) is 26.0 Å². The van der Waals surface area contributed by atoms with Gasteiger partial charge in [0.15, 0.2) is 0 Å². The third kappa shape index (κ3) is 1.05. The van der Waals surface area contributed by atoms with Gasteiger partial charge in [-0.1, -0.05) is 0 Å². The van der Waals surface area contributed by atoms with Crippen molar-refractivity contribution in [2.24, 2.45) is 5.73 Å². The number of alkyl halides is 2. The monoisotopic (exact) mass is 153 g/mol. The minimum absolute atomic E-state index is 0.138. The molecule has 0 saturated heterocycles. The third-order valence-electron chi connectivity index (χ3n) is 1.54. The van der Waals surface area contributed by atoms with Crippen LogP contribution in [0.15, 0.2) is 0 Å². The zero-order valence-electron chi connectivity index (χ0n) is 5.16. The molecule has 0 aliphatic heterocycles. The molecule has 1 aliphatic rings. The molecule has 1 atom stereocenters. The third-order valence-corrected chi connectivity index (χ3v) is 2.35. The van der Waals surface area contributed by atoms with E-state index in [4.69, 9.17) is 5.73 Å². The van der Waals surface area contributed by atoms with Crippen LogP contribution in [0.3, 0.4) is 0 Å². The molecular formula is C5H9F2NS. The van der Waals surface area contributed by atoms with Gasteiger partial charge in [-0.2, -0.15) is 11.8 Å². The summed E-state index contributed by atoms with van der Waals surface area (Å²) >= 11 is 1.37. The first-order chi connectivity index (χ1) is 4.02. The van der Waals surface area contributed by atoms with Crippen molar-refractivity contribution in [1.82, 2.24) is 0 Å². The smallest absolute Gasteiger partial charge is 0.268 e. The van der Waals surface area contributed by atoms with Crippen molar-refractivity contribution in [2.45, 2.75) is 17.9 Å². The summed E-state index contributed by atoms with van der Waals surface area (Å²) in [5.74, 6) is -2.23. The highest BCUT2D eigenvalue weighted by atomic mass is 32.2. The Morgan fingerprint density at radius 1 is 1.67 bits per heavy atom. The summed E-state index contributed by atoms with van der Waals surface area (Å²) in [5.41, 5.74) is 4.09. The van der Waals surface area contributed by atoms with E-state index in [0.717, 1.165) is 0 Å². The molecule has 54 valence electrons.